The molecule has 1 aliphatic heterocycles. The lowest BCUT2D eigenvalue weighted by Crippen LogP contribution is -2.51. The number of aromatic nitrogens is 3. The lowest BCUT2D eigenvalue weighted by Gasteiger charge is -2.35. The topological polar surface area (TPSA) is 100 Å². The molecule has 0 radical (unpaired) electrons. The van der Waals surface area contributed by atoms with Crippen LogP contribution in [-0.4, -0.2) is 50.3 Å². The Morgan fingerprint density at radius 2 is 1.87 bits per heavy atom. The second-order valence-corrected chi connectivity index (χ2v) is 9.07. The summed E-state index contributed by atoms with van der Waals surface area (Å²) in [4.78, 5) is 31.5. The molecule has 1 aromatic heterocycles. The van der Waals surface area contributed by atoms with Crippen LogP contribution in [0, 0.1) is 0 Å². The maximum atomic E-state index is 12.9. The summed E-state index contributed by atoms with van der Waals surface area (Å²) in [5, 5.41) is 10.2. The number of nitrogens with zero attached hydrogens (tertiary/aromatic N) is 3. The minimum Gasteiger partial charge on any atom is -0.444 e. The predicted octanol–water partition coefficient (Wildman–Crippen LogP) is 4.08. The number of nitrogens with one attached hydrogen (secondary N) is 2. The van der Waals surface area contributed by atoms with Crippen molar-refractivity contribution >= 4 is 17.7 Å². The lowest BCUT2D eigenvalue weighted by atomic mass is 10.0. The van der Waals surface area contributed by atoms with Crippen molar-refractivity contribution < 1.29 is 14.3 Å². The van der Waals surface area contributed by atoms with Crippen molar-refractivity contribution in [2.45, 2.75) is 70.4 Å². The SMILES string of the molecule is CC(C)(C)OC(=O)N1CCCC[C@@H]1C(=O)Nc1ccc(-c2n[nH]c(C3CC3)n2)cc1. The zero-order valence-corrected chi connectivity index (χ0v) is 17.8. The Labute approximate surface area is 176 Å². The number of carbonyl (C=O) groups excluding carboxylic acids is 2. The van der Waals surface area contributed by atoms with Crippen LogP contribution in [0.15, 0.2) is 24.3 Å². The Morgan fingerprint density at radius 3 is 2.53 bits per heavy atom. The highest BCUT2D eigenvalue weighted by Crippen LogP contribution is 2.38. The molecule has 8 nitrogen and oxygen atoms in total. The van der Waals surface area contributed by atoms with Gasteiger partial charge in [0.2, 0.25) is 5.91 Å². The van der Waals surface area contributed by atoms with Gasteiger partial charge in [-0.2, -0.15) is 5.10 Å². The van der Waals surface area contributed by atoms with Crippen molar-refractivity contribution in [2.24, 2.45) is 0 Å². The van der Waals surface area contributed by atoms with Crippen LogP contribution in [0.25, 0.3) is 11.4 Å². The number of H-pyrrole nitrogens is 1. The Kier molecular flexibility index (Phi) is 5.49. The quantitative estimate of drug-likeness (QED) is 0.790. The first kappa shape index (κ1) is 20.4. The summed E-state index contributed by atoms with van der Waals surface area (Å²) in [6.07, 6.45) is 4.31. The first-order valence-corrected chi connectivity index (χ1v) is 10.6. The number of rotatable bonds is 4. The van der Waals surface area contributed by atoms with Gasteiger partial charge in [0.25, 0.3) is 0 Å². The van der Waals surface area contributed by atoms with Crippen LogP contribution >= 0.6 is 0 Å². The monoisotopic (exact) mass is 411 g/mol. The maximum Gasteiger partial charge on any atom is 0.410 e. The van der Waals surface area contributed by atoms with Crippen LogP contribution in [0.4, 0.5) is 10.5 Å². The third-order valence-electron chi connectivity index (χ3n) is 5.31. The molecule has 8 heteroatoms. The van der Waals surface area contributed by atoms with Crippen LogP contribution in [0.3, 0.4) is 0 Å². The van der Waals surface area contributed by atoms with Gasteiger partial charge in [0, 0.05) is 23.7 Å². The van der Waals surface area contributed by atoms with E-state index < -0.39 is 17.7 Å². The van der Waals surface area contributed by atoms with Gasteiger partial charge < -0.3 is 10.1 Å². The van der Waals surface area contributed by atoms with Crippen molar-refractivity contribution in [3.8, 4) is 11.4 Å². The summed E-state index contributed by atoms with van der Waals surface area (Å²) in [6, 6.07) is 6.92. The molecule has 1 aromatic carbocycles. The van der Waals surface area contributed by atoms with Crippen LogP contribution in [0.5, 0.6) is 0 Å². The molecule has 2 aliphatic rings. The first-order chi connectivity index (χ1) is 14.3. The second kappa shape index (κ2) is 8.08. The highest BCUT2D eigenvalue weighted by molar-refractivity contribution is 5.96. The fraction of sp³-hybridized carbons (Fsp3) is 0.545. The third kappa shape index (κ3) is 4.80. The molecule has 2 N–H and O–H groups in total. The van der Waals surface area contributed by atoms with Crippen LogP contribution in [-0.2, 0) is 9.53 Å². The van der Waals surface area contributed by atoms with Gasteiger partial charge >= 0.3 is 6.09 Å². The number of carbonyl (C=O) groups is 2. The molecule has 1 saturated carbocycles. The van der Waals surface area contributed by atoms with Gasteiger partial charge in [-0.05, 0) is 77.1 Å². The van der Waals surface area contributed by atoms with Crippen molar-refractivity contribution in [2.75, 3.05) is 11.9 Å². The van der Waals surface area contributed by atoms with Gasteiger partial charge in [-0.15, -0.1) is 0 Å². The number of hydrogen-bond donors (Lipinski definition) is 2. The molecule has 1 saturated heterocycles. The average molecular weight is 412 g/mol. The lowest BCUT2D eigenvalue weighted by molar-refractivity contribution is -0.122. The number of aromatic amines is 1. The summed E-state index contributed by atoms with van der Waals surface area (Å²) in [5.41, 5.74) is 0.978. The number of ether oxygens (including phenoxy) is 1. The summed E-state index contributed by atoms with van der Waals surface area (Å²) in [6.45, 7) is 6.01. The molecule has 4 rings (SSSR count). The molecule has 30 heavy (non-hydrogen) atoms. The number of hydrogen-bond acceptors (Lipinski definition) is 5. The van der Waals surface area contributed by atoms with Crippen LogP contribution < -0.4 is 5.32 Å². The Hall–Kier alpha value is -2.90. The number of amides is 2. The van der Waals surface area contributed by atoms with Crippen LogP contribution in [0.1, 0.15) is 64.6 Å². The molecule has 2 amide bonds. The highest BCUT2D eigenvalue weighted by Gasteiger charge is 2.35. The fourth-order valence-electron chi connectivity index (χ4n) is 3.61. The summed E-state index contributed by atoms with van der Waals surface area (Å²) in [7, 11) is 0. The molecule has 0 spiro atoms. The van der Waals surface area contributed by atoms with E-state index in [4.69, 9.17) is 4.74 Å². The first-order valence-electron chi connectivity index (χ1n) is 10.6. The smallest absolute Gasteiger partial charge is 0.410 e. The third-order valence-corrected chi connectivity index (χ3v) is 5.31. The van der Waals surface area contributed by atoms with Crippen LogP contribution in [0.2, 0.25) is 0 Å². The van der Waals surface area contributed by atoms with E-state index in [0.717, 1.165) is 24.2 Å². The minimum absolute atomic E-state index is 0.192. The molecule has 2 fully saturated rings. The Morgan fingerprint density at radius 1 is 1.13 bits per heavy atom. The molecule has 2 aromatic rings. The maximum absolute atomic E-state index is 12.9. The molecular formula is C22H29N5O3. The van der Waals surface area contributed by atoms with E-state index >= 15 is 0 Å². The van der Waals surface area contributed by atoms with Gasteiger partial charge in [0.1, 0.15) is 17.5 Å². The Balaban J connectivity index is 1.40. The minimum atomic E-state index is -0.592. The molecular weight excluding hydrogens is 382 g/mol. The van der Waals surface area contributed by atoms with Crippen molar-refractivity contribution in [1.82, 2.24) is 20.1 Å². The van der Waals surface area contributed by atoms with Gasteiger partial charge in [0.05, 0.1) is 0 Å². The molecule has 2 heterocycles. The molecule has 0 bridgehead atoms. The average Bonchev–Trinajstić information content (AvgIpc) is 3.44. The van der Waals surface area contributed by atoms with E-state index in [9.17, 15) is 9.59 Å². The van der Waals surface area contributed by atoms with E-state index in [1.165, 1.54) is 12.8 Å². The summed E-state index contributed by atoms with van der Waals surface area (Å²) in [5.74, 6) is 1.94. The number of likely N-dealkylation sites (tertiary alicyclic amines) is 1. The van der Waals surface area contributed by atoms with Gasteiger partial charge in [-0.25, -0.2) is 9.78 Å². The molecule has 1 atom stereocenters. The van der Waals surface area contributed by atoms with E-state index in [1.54, 1.807) is 4.90 Å². The fourth-order valence-corrected chi connectivity index (χ4v) is 3.61. The van der Waals surface area contributed by atoms with Crippen molar-refractivity contribution in [3.63, 3.8) is 0 Å². The zero-order valence-electron chi connectivity index (χ0n) is 17.8. The molecule has 1 aliphatic carbocycles. The largest absolute Gasteiger partial charge is 0.444 e. The molecule has 160 valence electrons. The van der Waals surface area contributed by atoms with Gasteiger partial charge in [0.15, 0.2) is 5.82 Å². The van der Waals surface area contributed by atoms with Gasteiger partial charge in [-0.3, -0.25) is 14.8 Å². The number of benzene rings is 1. The van der Waals surface area contributed by atoms with Crippen molar-refractivity contribution in [1.29, 1.82) is 0 Å². The summed E-state index contributed by atoms with van der Waals surface area (Å²) < 4.78 is 5.49. The highest BCUT2D eigenvalue weighted by atomic mass is 16.6. The molecule has 0 unspecified atom stereocenters. The van der Waals surface area contributed by atoms with E-state index in [-0.39, 0.29) is 5.91 Å². The van der Waals surface area contributed by atoms with Crippen molar-refractivity contribution in [3.05, 3.63) is 30.1 Å². The van der Waals surface area contributed by atoms with E-state index in [1.807, 2.05) is 45.0 Å². The standard InChI is InChI=1S/C22H29N5O3/c1-22(2,3)30-21(29)27-13-5-4-6-17(27)20(28)23-16-11-9-15(10-12-16)19-24-18(25-26-19)14-7-8-14/h9-12,14,17H,4-8,13H2,1-3H3,(H,23,28)(H,24,25,26)/t17-/m1/s1. The number of anilines is 1. The normalized spacial score (nSPS) is 19.4. The number of piperidine rings is 1. The zero-order chi connectivity index (χ0) is 21.3. The van der Waals surface area contributed by atoms with E-state index in [0.29, 0.717) is 30.4 Å². The van der Waals surface area contributed by atoms with Gasteiger partial charge in [-0.1, -0.05) is 0 Å². The van der Waals surface area contributed by atoms with E-state index in [2.05, 4.69) is 20.5 Å². The second-order valence-electron chi connectivity index (χ2n) is 9.07. The summed E-state index contributed by atoms with van der Waals surface area (Å²) >= 11 is 0. The Bertz CT molecular complexity index is 912. The predicted molar refractivity (Wildman–Crippen MR) is 113 cm³/mol.